The minimum absolute atomic E-state index is 0.0144. The van der Waals surface area contributed by atoms with E-state index in [0.717, 1.165) is 13.0 Å². The standard InChI is InChI=1S/C10H15N3O2/c1-11-6-3-5-9(15)13-10-8(14)4-2-7-12-10/h2,4,7,11,14H,3,5-6H2,1H3,(H,12,13,15). The fraction of sp³-hybridized carbons (Fsp3) is 0.400. The van der Waals surface area contributed by atoms with Crippen LogP contribution in [0.25, 0.3) is 0 Å². The van der Waals surface area contributed by atoms with E-state index in [1.165, 1.54) is 12.3 Å². The Labute approximate surface area is 88.5 Å². The minimum atomic E-state index is -0.140. The number of hydrogen-bond donors (Lipinski definition) is 3. The zero-order valence-corrected chi connectivity index (χ0v) is 8.66. The molecule has 1 heterocycles. The molecule has 15 heavy (non-hydrogen) atoms. The molecule has 1 rings (SSSR count). The lowest BCUT2D eigenvalue weighted by molar-refractivity contribution is -0.116. The largest absolute Gasteiger partial charge is 0.504 e. The number of aromatic nitrogens is 1. The minimum Gasteiger partial charge on any atom is -0.504 e. The Morgan fingerprint density at radius 2 is 2.40 bits per heavy atom. The summed E-state index contributed by atoms with van der Waals surface area (Å²) in [6.45, 7) is 0.793. The Hall–Kier alpha value is -1.62. The fourth-order valence-corrected chi connectivity index (χ4v) is 1.11. The summed E-state index contributed by atoms with van der Waals surface area (Å²) in [7, 11) is 1.84. The van der Waals surface area contributed by atoms with Gasteiger partial charge in [-0.05, 0) is 32.1 Å². The highest BCUT2D eigenvalue weighted by molar-refractivity contribution is 5.90. The van der Waals surface area contributed by atoms with Crippen LogP contribution in [0.2, 0.25) is 0 Å². The molecular formula is C10H15N3O2. The highest BCUT2D eigenvalue weighted by Gasteiger charge is 2.05. The first kappa shape index (κ1) is 11.5. The average molecular weight is 209 g/mol. The van der Waals surface area contributed by atoms with Gasteiger partial charge < -0.3 is 15.7 Å². The molecule has 0 aliphatic carbocycles. The first-order valence-corrected chi connectivity index (χ1v) is 4.82. The molecule has 0 unspecified atom stereocenters. The van der Waals surface area contributed by atoms with Crippen molar-refractivity contribution in [3.8, 4) is 5.75 Å². The fourth-order valence-electron chi connectivity index (χ4n) is 1.11. The van der Waals surface area contributed by atoms with Gasteiger partial charge >= 0.3 is 0 Å². The molecule has 3 N–H and O–H groups in total. The van der Waals surface area contributed by atoms with E-state index >= 15 is 0 Å². The summed E-state index contributed by atoms with van der Waals surface area (Å²) in [6.07, 6.45) is 2.69. The molecule has 0 saturated carbocycles. The van der Waals surface area contributed by atoms with Crippen LogP contribution in [0.4, 0.5) is 5.82 Å². The van der Waals surface area contributed by atoms with Gasteiger partial charge in [0.25, 0.3) is 0 Å². The summed E-state index contributed by atoms with van der Waals surface area (Å²) in [4.78, 5) is 15.2. The quantitative estimate of drug-likeness (QED) is 0.625. The molecule has 0 saturated heterocycles. The normalized spacial score (nSPS) is 9.93. The maximum absolute atomic E-state index is 11.3. The number of aromatic hydroxyl groups is 1. The van der Waals surface area contributed by atoms with Crippen molar-refractivity contribution in [3.05, 3.63) is 18.3 Å². The van der Waals surface area contributed by atoms with Gasteiger partial charge in [-0.25, -0.2) is 4.98 Å². The highest BCUT2D eigenvalue weighted by atomic mass is 16.3. The number of pyridine rings is 1. The van der Waals surface area contributed by atoms with Crippen molar-refractivity contribution in [3.63, 3.8) is 0 Å². The maximum atomic E-state index is 11.3. The van der Waals surface area contributed by atoms with Gasteiger partial charge in [-0.3, -0.25) is 4.79 Å². The van der Waals surface area contributed by atoms with Gasteiger partial charge in [-0.1, -0.05) is 0 Å². The molecule has 1 amide bonds. The molecule has 82 valence electrons. The number of nitrogens with zero attached hydrogens (tertiary/aromatic N) is 1. The van der Waals surface area contributed by atoms with E-state index in [2.05, 4.69) is 15.6 Å². The molecule has 0 aromatic carbocycles. The topological polar surface area (TPSA) is 74.2 Å². The summed E-state index contributed by atoms with van der Waals surface area (Å²) >= 11 is 0. The van der Waals surface area contributed by atoms with E-state index in [0.29, 0.717) is 6.42 Å². The molecule has 0 aliphatic heterocycles. The van der Waals surface area contributed by atoms with Crippen molar-refractivity contribution >= 4 is 11.7 Å². The molecule has 0 spiro atoms. The molecule has 1 aromatic rings. The maximum Gasteiger partial charge on any atom is 0.225 e. The molecule has 0 bridgehead atoms. The number of rotatable bonds is 5. The second-order valence-electron chi connectivity index (χ2n) is 3.13. The number of carbonyl (C=O) groups excluding carboxylic acids is 1. The summed E-state index contributed by atoms with van der Waals surface area (Å²) in [5.41, 5.74) is 0. The number of nitrogens with one attached hydrogen (secondary N) is 2. The van der Waals surface area contributed by atoms with Crippen molar-refractivity contribution in [1.82, 2.24) is 10.3 Å². The molecule has 5 nitrogen and oxygen atoms in total. The van der Waals surface area contributed by atoms with Gasteiger partial charge in [0, 0.05) is 12.6 Å². The SMILES string of the molecule is CNCCCC(=O)Nc1ncccc1O. The summed E-state index contributed by atoms with van der Waals surface area (Å²) in [6, 6.07) is 3.09. The van der Waals surface area contributed by atoms with Crippen LogP contribution in [0.3, 0.4) is 0 Å². The lowest BCUT2D eigenvalue weighted by atomic mass is 10.3. The first-order valence-electron chi connectivity index (χ1n) is 4.82. The Morgan fingerprint density at radius 3 is 3.07 bits per heavy atom. The van der Waals surface area contributed by atoms with Gasteiger partial charge in [0.2, 0.25) is 5.91 Å². The molecule has 1 aromatic heterocycles. The van der Waals surface area contributed by atoms with E-state index < -0.39 is 0 Å². The predicted molar refractivity (Wildman–Crippen MR) is 57.7 cm³/mol. The Balaban J connectivity index is 2.41. The third-order valence-corrected chi connectivity index (χ3v) is 1.87. The first-order chi connectivity index (χ1) is 7.24. The van der Waals surface area contributed by atoms with E-state index in [9.17, 15) is 9.90 Å². The van der Waals surface area contributed by atoms with Crippen LogP contribution < -0.4 is 10.6 Å². The van der Waals surface area contributed by atoms with Gasteiger partial charge in [0.05, 0.1) is 0 Å². The molecule has 0 atom stereocenters. The van der Waals surface area contributed by atoms with Crippen molar-refractivity contribution in [2.24, 2.45) is 0 Å². The highest BCUT2D eigenvalue weighted by Crippen LogP contribution is 2.18. The third kappa shape index (κ3) is 3.95. The summed E-state index contributed by atoms with van der Waals surface area (Å²) in [5, 5.41) is 14.8. The van der Waals surface area contributed by atoms with Gasteiger partial charge in [0.15, 0.2) is 11.6 Å². The summed E-state index contributed by atoms with van der Waals surface area (Å²) < 4.78 is 0. The van der Waals surface area contributed by atoms with Crippen LogP contribution in [0, 0.1) is 0 Å². The zero-order chi connectivity index (χ0) is 11.1. The van der Waals surface area contributed by atoms with Crippen LogP contribution in [0.1, 0.15) is 12.8 Å². The number of amides is 1. The van der Waals surface area contributed by atoms with Crippen molar-refractivity contribution in [1.29, 1.82) is 0 Å². The van der Waals surface area contributed by atoms with Crippen LogP contribution >= 0.6 is 0 Å². The lowest BCUT2D eigenvalue weighted by Crippen LogP contribution is -2.15. The van der Waals surface area contributed by atoms with Crippen molar-refractivity contribution < 1.29 is 9.90 Å². The third-order valence-electron chi connectivity index (χ3n) is 1.87. The predicted octanol–water partition coefficient (Wildman–Crippen LogP) is 0.725. The Bertz CT molecular complexity index is 328. The van der Waals surface area contributed by atoms with E-state index in [1.54, 1.807) is 6.07 Å². The van der Waals surface area contributed by atoms with Crippen molar-refractivity contribution in [2.75, 3.05) is 18.9 Å². The van der Waals surface area contributed by atoms with E-state index in [-0.39, 0.29) is 17.5 Å². The molecular weight excluding hydrogens is 194 g/mol. The molecule has 0 radical (unpaired) electrons. The Morgan fingerprint density at radius 1 is 1.60 bits per heavy atom. The zero-order valence-electron chi connectivity index (χ0n) is 8.66. The van der Waals surface area contributed by atoms with E-state index in [4.69, 9.17) is 0 Å². The second-order valence-corrected chi connectivity index (χ2v) is 3.13. The molecule has 0 aliphatic rings. The average Bonchev–Trinajstić information content (AvgIpc) is 2.22. The number of hydrogen-bond acceptors (Lipinski definition) is 4. The van der Waals surface area contributed by atoms with Crippen LogP contribution in [0.15, 0.2) is 18.3 Å². The Kier molecular flexibility index (Phi) is 4.56. The van der Waals surface area contributed by atoms with Crippen LogP contribution in [0.5, 0.6) is 5.75 Å². The number of anilines is 1. The van der Waals surface area contributed by atoms with Crippen LogP contribution in [-0.4, -0.2) is 29.6 Å². The smallest absolute Gasteiger partial charge is 0.225 e. The van der Waals surface area contributed by atoms with Gasteiger partial charge in [0.1, 0.15) is 0 Å². The summed E-state index contributed by atoms with van der Waals surface area (Å²) in [5.74, 6) is 0.0608. The monoisotopic (exact) mass is 209 g/mol. The van der Waals surface area contributed by atoms with Crippen LogP contribution in [-0.2, 0) is 4.79 Å². The molecule has 0 fully saturated rings. The number of carbonyl (C=O) groups is 1. The second kappa shape index (κ2) is 5.98. The van der Waals surface area contributed by atoms with Gasteiger partial charge in [-0.2, -0.15) is 0 Å². The van der Waals surface area contributed by atoms with E-state index in [1.807, 2.05) is 7.05 Å². The molecule has 5 heteroatoms. The lowest BCUT2D eigenvalue weighted by Gasteiger charge is -2.05. The van der Waals surface area contributed by atoms with Gasteiger partial charge in [-0.15, -0.1) is 0 Å². The van der Waals surface area contributed by atoms with Crippen molar-refractivity contribution in [2.45, 2.75) is 12.8 Å².